The third-order valence-corrected chi connectivity index (χ3v) is 5.62. The normalized spacial score (nSPS) is 10.8. The van der Waals surface area contributed by atoms with Crippen molar-refractivity contribution in [2.24, 2.45) is 0 Å². The third kappa shape index (κ3) is 4.36. The third-order valence-electron chi connectivity index (χ3n) is 4.60. The maximum atomic E-state index is 12.2. The zero-order chi connectivity index (χ0) is 20.9. The number of aromatic nitrogens is 1. The number of carbonyl (C=O) groups excluding carboxylic acids is 1. The van der Waals surface area contributed by atoms with Crippen LogP contribution >= 0.6 is 11.8 Å². The Morgan fingerprint density at radius 2 is 1.67 bits per heavy atom. The largest absolute Gasteiger partial charge is 0.460 e. The highest BCUT2D eigenvalue weighted by atomic mass is 32.2. The fourth-order valence-corrected chi connectivity index (χ4v) is 3.99. The number of thioether (sulfide) groups is 1. The highest BCUT2D eigenvalue weighted by Crippen LogP contribution is 2.32. The van der Waals surface area contributed by atoms with E-state index in [0.29, 0.717) is 0 Å². The van der Waals surface area contributed by atoms with E-state index >= 15 is 0 Å². The van der Waals surface area contributed by atoms with Crippen LogP contribution in [-0.2, 0) is 16.1 Å². The molecule has 0 aliphatic rings. The van der Waals surface area contributed by atoms with Gasteiger partial charge in [0.25, 0.3) is 5.69 Å². The van der Waals surface area contributed by atoms with E-state index in [4.69, 9.17) is 4.74 Å². The van der Waals surface area contributed by atoms with Crippen molar-refractivity contribution >= 4 is 34.3 Å². The van der Waals surface area contributed by atoms with E-state index in [1.54, 1.807) is 12.1 Å². The smallest absolute Gasteiger partial charge is 0.316 e. The van der Waals surface area contributed by atoms with Gasteiger partial charge in [-0.1, -0.05) is 48.5 Å². The molecule has 0 atom stereocenters. The first-order valence-electron chi connectivity index (χ1n) is 9.29. The van der Waals surface area contributed by atoms with E-state index in [1.807, 2.05) is 65.4 Å². The summed E-state index contributed by atoms with van der Waals surface area (Å²) < 4.78 is 7.33. The number of ether oxygens (including phenoxy) is 1. The highest BCUT2D eigenvalue weighted by molar-refractivity contribution is 8.00. The molecule has 1 heterocycles. The summed E-state index contributed by atoms with van der Waals surface area (Å²) >= 11 is 1.41. The molecule has 0 spiro atoms. The minimum Gasteiger partial charge on any atom is -0.460 e. The molecule has 1 aromatic heterocycles. The molecule has 30 heavy (non-hydrogen) atoms. The molecule has 4 aromatic rings. The molecule has 7 heteroatoms. The van der Waals surface area contributed by atoms with Gasteiger partial charge in [-0.05, 0) is 23.8 Å². The molecule has 4 rings (SSSR count). The number of rotatable bonds is 7. The average molecular weight is 418 g/mol. The number of nitrogens with zero attached hydrogens (tertiary/aromatic N) is 2. The topological polar surface area (TPSA) is 74.4 Å². The lowest BCUT2D eigenvalue weighted by Gasteiger charge is -2.05. The fraction of sp³-hybridized carbons (Fsp3) is 0.0870. The molecular formula is C23H18N2O4S. The Kier molecular flexibility index (Phi) is 5.81. The number of nitro groups is 1. The van der Waals surface area contributed by atoms with Crippen molar-refractivity contribution < 1.29 is 14.5 Å². The summed E-state index contributed by atoms with van der Waals surface area (Å²) in [6.07, 6.45) is 1.95. The minimum atomic E-state index is -0.417. The fourth-order valence-electron chi connectivity index (χ4n) is 3.13. The van der Waals surface area contributed by atoms with Crippen molar-refractivity contribution in [1.29, 1.82) is 0 Å². The molecule has 0 unspecified atom stereocenters. The van der Waals surface area contributed by atoms with Crippen molar-refractivity contribution in [3.8, 4) is 5.69 Å². The number of benzene rings is 3. The Morgan fingerprint density at radius 3 is 2.40 bits per heavy atom. The van der Waals surface area contributed by atoms with Crippen molar-refractivity contribution in [1.82, 2.24) is 4.57 Å². The maximum absolute atomic E-state index is 12.2. The first-order chi connectivity index (χ1) is 14.6. The number of non-ortho nitro benzene ring substituents is 1. The standard InChI is InChI=1S/C23H18N2O4S/c26-23(29-15-17-6-2-1-3-7-17)16-30-22-14-24(21-9-5-4-8-20(21)22)18-10-12-19(13-11-18)25(27)28/h1-14H,15-16H2. The predicted molar refractivity (Wildman–Crippen MR) is 117 cm³/mol. The molecular weight excluding hydrogens is 400 g/mol. The summed E-state index contributed by atoms with van der Waals surface area (Å²) in [6.45, 7) is 0.255. The quantitative estimate of drug-likeness (QED) is 0.174. The van der Waals surface area contributed by atoms with Crippen molar-refractivity contribution in [2.75, 3.05) is 5.75 Å². The Balaban J connectivity index is 1.50. The summed E-state index contributed by atoms with van der Waals surface area (Å²) in [5, 5.41) is 11.9. The Hall–Kier alpha value is -3.58. The summed E-state index contributed by atoms with van der Waals surface area (Å²) in [5.74, 6) is -0.0859. The van der Waals surface area contributed by atoms with Gasteiger partial charge < -0.3 is 9.30 Å². The van der Waals surface area contributed by atoms with Crippen LogP contribution < -0.4 is 0 Å². The van der Waals surface area contributed by atoms with Gasteiger partial charge in [0.2, 0.25) is 0 Å². The zero-order valence-corrected chi connectivity index (χ0v) is 16.7. The van der Waals surface area contributed by atoms with Gasteiger partial charge in [0.1, 0.15) is 6.61 Å². The Labute approximate surface area is 177 Å². The van der Waals surface area contributed by atoms with Crippen LogP contribution in [0.15, 0.2) is 90.0 Å². The predicted octanol–water partition coefficient (Wildman–Crippen LogP) is 5.37. The molecule has 0 saturated carbocycles. The van der Waals surface area contributed by atoms with E-state index < -0.39 is 4.92 Å². The molecule has 0 aliphatic heterocycles. The van der Waals surface area contributed by atoms with E-state index in [2.05, 4.69) is 0 Å². The molecule has 0 saturated heterocycles. The first kappa shape index (κ1) is 19.7. The van der Waals surface area contributed by atoms with Gasteiger partial charge in [-0.3, -0.25) is 14.9 Å². The van der Waals surface area contributed by atoms with E-state index in [9.17, 15) is 14.9 Å². The number of nitro benzene ring substituents is 1. The molecule has 150 valence electrons. The van der Waals surface area contributed by atoms with Gasteiger partial charge in [-0.15, -0.1) is 11.8 Å². The van der Waals surface area contributed by atoms with Gasteiger partial charge in [0.15, 0.2) is 0 Å². The average Bonchev–Trinajstić information content (AvgIpc) is 3.16. The number of hydrogen-bond acceptors (Lipinski definition) is 5. The number of fused-ring (bicyclic) bond motifs is 1. The molecule has 0 N–H and O–H groups in total. The highest BCUT2D eigenvalue weighted by Gasteiger charge is 2.13. The number of para-hydroxylation sites is 1. The van der Waals surface area contributed by atoms with Crippen molar-refractivity contribution in [3.05, 3.63) is 101 Å². The van der Waals surface area contributed by atoms with Crippen LogP contribution in [0.4, 0.5) is 5.69 Å². The molecule has 0 fully saturated rings. The number of hydrogen-bond donors (Lipinski definition) is 0. The number of carbonyl (C=O) groups is 1. The molecule has 0 radical (unpaired) electrons. The van der Waals surface area contributed by atoms with Crippen LogP contribution in [0.2, 0.25) is 0 Å². The van der Waals surface area contributed by atoms with Crippen LogP contribution in [0.3, 0.4) is 0 Å². The molecule has 6 nitrogen and oxygen atoms in total. The summed E-state index contributed by atoms with van der Waals surface area (Å²) in [6, 6.07) is 23.8. The van der Waals surface area contributed by atoms with Crippen molar-refractivity contribution in [3.63, 3.8) is 0 Å². The van der Waals surface area contributed by atoms with Gasteiger partial charge >= 0.3 is 5.97 Å². The molecule has 0 aliphatic carbocycles. The van der Waals surface area contributed by atoms with Crippen LogP contribution in [-0.4, -0.2) is 21.2 Å². The SMILES string of the molecule is O=C(CSc1cn(-c2ccc([N+](=O)[O-])cc2)c2ccccc12)OCc1ccccc1. The summed E-state index contributed by atoms with van der Waals surface area (Å²) in [7, 11) is 0. The molecule has 0 amide bonds. The second-order valence-electron chi connectivity index (χ2n) is 6.59. The van der Waals surface area contributed by atoms with Crippen LogP contribution in [0.1, 0.15) is 5.56 Å². The van der Waals surface area contributed by atoms with E-state index in [0.717, 1.165) is 27.0 Å². The lowest BCUT2D eigenvalue weighted by atomic mass is 10.2. The number of esters is 1. The molecule has 3 aromatic carbocycles. The second-order valence-corrected chi connectivity index (χ2v) is 7.61. The monoisotopic (exact) mass is 418 g/mol. The van der Waals surface area contributed by atoms with Crippen LogP contribution in [0, 0.1) is 10.1 Å². The van der Waals surface area contributed by atoms with Crippen LogP contribution in [0.25, 0.3) is 16.6 Å². The van der Waals surface area contributed by atoms with Crippen LogP contribution in [0.5, 0.6) is 0 Å². The van der Waals surface area contributed by atoms with Gasteiger partial charge in [-0.2, -0.15) is 0 Å². The van der Waals surface area contributed by atoms with Gasteiger partial charge in [0.05, 0.1) is 16.2 Å². The second kappa shape index (κ2) is 8.84. The van der Waals surface area contributed by atoms with Gasteiger partial charge in [-0.25, -0.2) is 0 Å². The lowest BCUT2D eigenvalue weighted by molar-refractivity contribution is -0.384. The maximum Gasteiger partial charge on any atom is 0.316 e. The minimum absolute atomic E-state index is 0.0472. The van der Waals surface area contributed by atoms with E-state index in [-0.39, 0.29) is 24.0 Å². The first-order valence-corrected chi connectivity index (χ1v) is 10.3. The summed E-state index contributed by atoms with van der Waals surface area (Å²) in [5.41, 5.74) is 2.78. The lowest BCUT2D eigenvalue weighted by Crippen LogP contribution is -2.07. The van der Waals surface area contributed by atoms with E-state index in [1.165, 1.54) is 23.9 Å². The van der Waals surface area contributed by atoms with Gasteiger partial charge in [0, 0.05) is 34.3 Å². The zero-order valence-electron chi connectivity index (χ0n) is 15.9. The Morgan fingerprint density at radius 1 is 0.967 bits per heavy atom. The Bertz CT molecular complexity index is 1190. The molecule has 0 bridgehead atoms. The summed E-state index contributed by atoms with van der Waals surface area (Å²) in [4.78, 5) is 23.6. The van der Waals surface area contributed by atoms with Crippen molar-refractivity contribution in [2.45, 2.75) is 11.5 Å².